The predicted molar refractivity (Wildman–Crippen MR) is 189 cm³/mol. The van der Waals surface area contributed by atoms with E-state index in [-0.39, 0.29) is 9.94 Å². The van der Waals surface area contributed by atoms with Crippen LogP contribution < -0.4 is 9.47 Å². The predicted octanol–water partition coefficient (Wildman–Crippen LogP) is 9.11. The number of ether oxygens (including phenoxy) is 2. The number of alkyl halides is 15. The molecule has 0 saturated heterocycles. The Balaban J connectivity index is 0.000000252. The zero-order valence-corrected chi connectivity index (χ0v) is 34.4. The summed E-state index contributed by atoms with van der Waals surface area (Å²) >= 11 is 5.87. The summed E-state index contributed by atoms with van der Waals surface area (Å²) in [6.45, 7) is 2.21. The molecule has 2 aliphatic heterocycles. The molecule has 1 aromatic carbocycles. The van der Waals surface area contributed by atoms with E-state index in [2.05, 4.69) is 30.0 Å². The first-order chi connectivity index (χ1) is 27.6. The van der Waals surface area contributed by atoms with Crippen molar-refractivity contribution in [2.24, 2.45) is 24.4 Å². The molecule has 4 heterocycles. The van der Waals surface area contributed by atoms with Crippen LogP contribution in [0.25, 0.3) is 0 Å². The molecule has 0 spiro atoms. The minimum atomic E-state index is -4.92. The van der Waals surface area contributed by atoms with Gasteiger partial charge in [0.1, 0.15) is 0 Å². The second-order valence-corrected chi connectivity index (χ2v) is 16.7. The summed E-state index contributed by atoms with van der Waals surface area (Å²) in [6.07, 6.45) is -22.6. The van der Waals surface area contributed by atoms with Gasteiger partial charge in [0.2, 0.25) is 26.6 Å². The van der Waals surface area contributed by atoms with E-state index in [0.717, 1.165) is 14.1 Å². The number of halogens is 15. The maximum absolute atomic E-state index is 14.1. The van der Waals surface area contributed by atoms with Crippen molar-refractivity contribution >= 4 is 43.3 Å². The minimum absolute atomic E-state index is 0.0164. The van der Waals surface area contributed by atoms with Crippen LogP contribution in [0.1, 0.15) is 50.2 Å². The molecular formula is C32H33ClF14N6O6S2. The van der Waals surface area contributed by atoms with Crippen molar-refractivity contribution < 1.29 is 89.0 Å². The minimum Gasteiger partial charge on any atom is -0.468 e. The maximum Gasteiger partial charge on any atom is 0.435 e. The molecule has 2 unspecified atom stereocenters. The van der Waals surface area contributed by atoms with Gasteiger partial charge in [-0.05, 0) is 39.8 Å². The first kappa shape index (κ1) is 51.1. The average molecular weight is 963 g/mol. The number of hydrogen-bond donors (Lipinski definition) is 0. The van der Waals surface area contributed by atoms with Gasteiger partial charge in [-0.25, -0.2) is 26.6 Å². The van der Waals surface area contributed by atoms with E-state index in [1.54, 1.807) is 18.2 Å². The molecular weight excluding hydrogens is 930 g/mol. The molecule has 12 nitrogen and oxygen atoms in total. The zero-order chi connectivity index (χ0) is 46.7. The Morgan fingerprint density at radius 2 is 1.15 bits per heavy atom. The van der Waals surface area contributed by atoms with E-state index < -0.39 is 122 Å². The average Bonchev–Trinajstić information content (AvgIpc) is 3.81. The van der Waals surface area contributed by atoms with Crippen molar-refractivity contribution in [3.8, 4) is 11.8 Å². The van der Waals surface area contributed by atoms with Crippen LogP contribution in [-0.2, 0) is 57.6 Å². The van der Waals surface area contributed by atoms with E-state index >= 15 is 0 Å². The molecule has 0 amide bonds. The number of sulfone groups is 1. The molecule has 2 aliphatic rings. The SMILES string of the molecule is CC1(C)ON=C(S(=O)(=O)c2ccccc2)C1F.Cn1nc(C(F)(F)F)c(CCl)c1OCC(F)(F)F.Cn1nc(C(F)(F)F)c(CSC2=NOC(C)(C)C2F)c1OCC(F)(F)F. The van der Waals surface area contributed by atoms with E-state index in [1.165, 1.54) is 39.8 Å². The highest BCUT2D eigenvalue weighted by Crippen LogP contribution is 2.41. The highest BCUT2D eigenvalue weighted by atomic mass is 35.5. The third-order valence-electron chi connectivity index (χ3n) is 7.68. The fraction of sp³-hybridized carbons (Fsp3) is 0.562. The molecule has 5 rings (SSSR count). The third-order valence-corrected chi connectivity index (χ3v) is 10.7. The summed E-state index contributed by atoms with van der Waals surface area (Å²) < 4.78 is 212. The van der Waals surface area contributed by atoms with Crippen molar-refractivity contribution in [1.29, 1.82) is 0 Å². The zero-order valence-electron chi connectivity index (χ0n) is 32.0. The van der Waals surface area contributed by atoms with E-state index in [1.807, 2.05) is 0 Å². The summed E-state index contributed by atoms with van der Waals surface area (Å²) in [6, 6.07) is 7.62. The Labute approximate surface area is 346 Å². The summed E-state index contributed by atoms with van der Waals surface area (Å²) in [5, 5.41) is 12.3. The topological polar surface area (TPSA) is 131 Å². The van der Waals surface area contributed by atoms with Crippen LogP contribution in [0.15, 0.2) is 45.5 Å². The number of thioether (sulfide) groups is 1. The Hall–Kier alpha value is -4.21. The monoisotopic (exact) mass is 962 g/mol. The van der Waals surface area contributed by atoms with Gasteiger partial charge in [-0.3, -0.25) is 0 Å². The summed E-state index contributed by atoms with van der Waals surface area (Å²) in [7, 11) is -1.85. The molecule has 2 aromatic heterocycles. The van der Waals surface area contributed by atoms with Gasteiger partial charge in [0, 0.05) is 19.8 Å². The van der Waals surface area contributed by atoms with Crippen LogP contribution in [0, 0.1) is 0 Å². The Kier molecular flexibility index (Phi) is 15.6. The van der Waals surface area contributed by atoms with Crippen molar-refractivity contribution in [3.63, 3.8) is 0 Å². The quantitative estimate of drug-likeness (QED) is 0.160. The van der Waals surface area contributed by atoms with Crippen molar-refractivity contribution in [2.45, 2.75) is 92.5 Å². The largest absolute Gasteiger partial charge is 0.468 e. The van der Waals surface area contributed by atoms with Crippen LogP contribution >= 0.6 is 23.4 Å². The first-order valence-electron chi connectivity index (χ1n) is 16.6. The Morgan fingerprint density at radius 1 is 0.721 bits per heavy atom. The lowest BCUT2D eigenvalue weighted by Gasteiger charge is -2.17. The van der Waals surface area contributed by atoms with Gasteiger partial charge < -0.3 is 19.1 Å². The third kappa shape index (κ3) is 13.2. The maximum atomic E-state index is 14.1. The van der Waals surface area contributed by atoms with Gasteiger partial charge in [-0.2, -0.15) is 62.9 Å². The van der Waals surface area contributed by atoms with Crippen molar-refractivity contribution in [3.05, 3.63) is 52.8 Å². The highest BCUT2D eigenvalue weighted by molar-refractivity contribution is 8.13. The molecule has 0 N–H and O–H groups in total. The van der Waals surface area contributed by atoms with Crippen LogP contribution in [0.3, 0.4) is 0 Å². The van der Waals surface area contributed by atoms with Crippen LogP contribution in [0.5, 0.6) is 11.8 Å². The molecule has 0 aliphatic carbocycles. The van der Waals surface area contributed by atoms with Crippen molar-refractivity contribution in [2.75, 3.05) is 13.2 Å². The molecule has 0 saturated carbocycles. The number of hydrogen-bond acceptors (Lipinski definition) is 11. The van der Waals surface area contributed by atoms with E-state index in [0.29, 0.717) is 21.1 Å². The molecule has 0 bridgehead atoms. The van der Waals surface area contributed by atoms with Gasteiger partial charge in [-0.1, -0.05) is 40.3 Å². The number of nitrogens with zero attached hydrogens (tertiary/aromatic N) is 6. The van der Waals surface area contributed by atoms with Gasteiger partial charge in [0.05, 0.1) is 21.9 Å². The summed E-state index contributed by atoms with van der Waals surface area (Å²) in [4.78, 5) is 9.67. The van der Waals surface area contributed by atoms with Gasteiger partial charge >= 0.3 is 24.7 Å². The lowest BCUT2D eigenvalue weighted by molar-refractivity contribution is -0.155. The number of aryl methyl sites for hydroxylation is 2. The molecule has 61 heavy (non-hydrogen) atoms. The van der Waals surface area contributed by atoms with E-state index in [4.69, 9.17) is 21.3 Å². The van der Waals surface area contributed by atoms with Crippen LogP contribution in [-0.4, -0.2) is 87.2 Å². The molecule has 344 valence electrons. The standard InChI is InChI=1S/C13H14F7N3O2S.C11H12FNO3S.C8H7ClF6N2O/c1-11(2)7(14)9(22-25-11)26-4-6-8(13(18,19)20)21-23(3)10(6)24-5-12(15,16)17;1-11(2)9(12)10(13-16-11)17(14,15)8-6-4-3-5-7-8;1-17-6(18-3-7(10,11)12)4(2-9)5(16-17)8(13,14)15/h7H,4-5H2,1-3H3;3-7,9H,1-2H3;2-3H2,1H3. The normalized spacial score (nSPS) is 18.8. The number of benzene rings is 1. The molecule has 29 heteroatoms. The van der Waals surface area contributed by atoms with Crippen LogP contribution in [0.4, 0.5) is 61.5 Å². The summed E-state index contributed by atoms with van der Waals surface area (Å²) in [5.74, 6) is -2.55. The molecule has 0 radical (unpaired) electrons. The molecule has 3 aromatic rings. The van der Waals surface area contributed by atoms with Gasteiger partial charge in [0.25, 0.3) is 0 Å². The summed E-state index contributed by atoms with van der Waals surface area (Å²) in [5.41, 5.74) is -6.52. The van der Waals surface area contributed by atoms with Crippen LogP contribution in [0.2, 0.25) is 0 Å². The Morgan fingerprint density at radius 3 is 1.52 bits per heavy atom. The Bertz CT molecular complexity index is 2150. The van der Waals surface area contributed by atoms with E-state index in [9.17, 15) is 69.9 Å². The fourth-order valence-corrected chi connectivity index (χ4v) is 7.49. The second kappa shape index (κ2) is 18.6. The second-order valence-electron chi connectivity index (χ2n) is 13.5. The van der Waals surface area contributed by atoms with Gasteiger partial charge in [0.15, 0.2) is 53.2 Å². The van der Waals surface area contributed by atoms with Crippen molar-refractivity contribution in [1.82, 2.24) is 19.6 Å². The molecule has 0 fully saturated rings. The molecule has 2 atom stereocenters. The number of oxime groups is 2. The number of rotatable bonds is 8. The van der Waals surface area contributed by atoms with Gasteiger partial charge in [-0.15, -0.1) is 11.6 Å². The first-order valence-corrected chi connectivity index (χ1v) is 19.6. The highest BCUT2D eigenvalue weighted by Gasteiger charge is 2.48. The smallest absolute Gasteiger partial charge is 0.435 e. The number of aromatic nitrogens is 4. The fourth-order valence-electron chi connectivity index (χ4n) is 4.73. The lowest BCUT2D eigenvalue weighted by atomic mass is 10.1. The lowest BCUT2D eigenvalue weighted by Crippen LogP contribution is -2.37.